The molecule has 0 atom stereocenters. The Morgan fingerprint density at radius 3 is 3.00 bits per heavy atom. The summed E-state index contributed by atoms with van der Waals surface area (Å²) in [6, 6.07) is 0. The van der Waals surface area contributed by atoms with Crippen molar-refractivity contribution in [3.05, 3.63) is 16.3 Å². The molecular formula is C8H13N5O3. The minimum atomic E-state index is -0.596. The lowest BCUT2D eigenvalue weighted by Crippen LogP contribution is -2.12. The average molecular weight is 227 g/mol. The highest BCUT2D eigenvalue weighted by Crippen LogP contribution is 2.24. The van der Waals surface area contributed by atoms with E-state index in [1.165, 1.54) is 0 Å². The van der Waals surface area contributed by atoms with E-state index in [1.54, 1.807) is 0 Å². The van der Waals surface area contributed by atoms with Gasteiger partial charge in [-0.2, -0.15) is 4.98 Å². The molecule has 88 valence electrons. The van der Waals surface area contributed by atoms with Crippen LogP contribution in [0.2, 0.25) is 0 Å². The summed E-state index contributed by atoms with van der Waals surface area (Å²) >= 11 is 0. The first-order valence-electron chi connectivity index (χ1n) is 4.80. The molecule has 0 saturated heterocycles. The van der Waals surface area contributed by atoms with Crippen LogP contribution in [0.15, 0.2) is 6.20 Å². The molecule has 1 aromatic rings. The van der Waals surface area contributed by atoms with Gasteiger partial charge in [-0.05, 0) is 6.42 Å². The Hall–Kier alpha value is -1.96. The van der Waals surface area contributed by atoms with E-state index in [1.807, 2.05) is 6.92 Å². The first-order chi connectivity index (χ1) is 7.69. The molecule has 0 bridgehead atoms. The summed E-state index contributed by atoms with van der Waals surface area (Å²) in [5.41, 5.74) is 1.93. The smallest absolute Gasteiger partial charge is 0.349 e. The van der Waals surface area contributed by atoms with Crippen molar-refractivity contribution >= 4 is 11.6 Å². The van der Waals surface area contributed by atoms with Crippen LogP contribution >= 0.6 is 0 Å². The fourth-order valence-electron chi connectivity index (χ4n) is 0.974. The summed E-state index contributed by atoms with van der Waals surface area (Å²) in [6.45, 7) is 2.36. The number of aromatic nitrogens is 2. The highest BCUT2D eigenvalue weighted by atomic mass is 16.6. The number of hydrogen-bond donors (Lipinski definition) is 2. The minimum Gasteiger partial charge on any atom is -0.473 e. The van der Waals surface area contributed by atoms with Crippen LogP contribution < -0.4 is 16.0 Å². The predicted molar refractivity (Wildman–Crippen MR) is 56.9 cm³/mol. The number of nitro groups is 1. The van der Waals surface area contributed by atoms with E-state index >= 15 is 0 Å². The van der Waals surface area contributed by atoms with Crippen LogP contribution in [0.4, 0.5) is 11.6 Å². The fourth-order valence-corrected chi connectivity index (χ4v) is 0.974. The Bertz CT molecular complexity index is 371. The van der Waals surface area contributed by atoms with Gasteiger partial charge in [-0.1, -0.05) is 13.3 Å². The van der Waals surface area contributed by atoms with Gasteiger partial charge < -0.3 is 4.74 Å². The molecule has 1 heterocycles. The number of nitrogens with one attached hydrogen (secondary N) is 1. The highest BCUT2D eigenvalue weighted by Gasteiger charge is 2.18. The van der Waals surface area contributed by atoms with E-state index in [4.69, 9.17) is 10.6 Å². The van der Waals surface area contributed by atoms with Gasteiger partial charge in [-0.15, -0.1) is 0 Å². The Balaban J connectivity index is 2.87. The topological polar surface area (TPSA) is 116 Å². The molecule has 0 aliphatic heterocycles. The number of hydrazine groups is 1. The number of anilines is 1. The number of nitrogen functional groups attached to an aromatic ring is 1. The highest BCUT2D eigenvalue weighted by molar-refractivity contribution is 5.42. The van der Waals surface area contributed by atoms with Crippen molar-refractivity contribution in [1.29, 1.82) is 0 Å². The third-order valence-corrected chi connectivity index (χ3v) is 1.80. The monoisotopic (exact) mass is 227 g/mol. The zero-order chi connectivity index (χ0) is 12.0. The Labute approximate surface area is 92.0 Å². The van der Waals surface area contributed by atoms with Crippen LogP contribution in [-0.4, -0.2) is 21.5 Å². The summed E-state index contributed by atoms with van der Waals surface area (Å²) in [5.74, 6) is 5.11. The number of ether oxygens (including phenoxy) is 1. The van der Waals surface area contributed by atoms with Crippen molar-refractivity contribution in [2.24, 2.45) is 5.84 Å². The molecule has 0 saturated carbocycles. The van der Waals surface area contributed by atoms with Gasteiger partial charge in [0, 0.05) is 0 Å². The van der Waals surface area contributed by atoms with Crippen molar-refractivity contribution in [2.75, 3.05) is 12.0 Å². The number of unbranched alkanes of at least 4 members (excludes halogenated alkanes) is 1. The normalized spacial score (nSPS) is 9.88. The lowest BCUT2D eigenvalue weighted by Gasteiger charge is -2.05. The number of rotatable bonds is 6. The third kappa shape index (κ3) is 3.02. The Morgan fingerprint density at radius 2 is 2.44 bits per heavy atom. The number of nitrogens with two attached hydrogens (primary N) is 1. The van der Waals surface area contributed by atoms with E-state index in [0.29, 0.717) is 6.61 Å². The predicted octanol–water partition coefficient (Wildman–Crippen LogP) is 0.849. The summed E-state index contributed by atoms with van der Waals surface area (Å²) in [6.07, 6.45) is 2.79. The molecule has 1 rings (SSSR count). The van der Waals surface area contributed by atoms with E-state index in [2.05, 4.69) is 15.4 Å². The van der Waals surface area contributed by atoms with Crippen LogP contribution in [0.1, 0.15) is 19.8 Å². The first kappa shape index (κ1) is 12.1. The molecule has 0 radical (unpaired) electrons. The van der Waals surface area contributed by atoms with Crippen molar-refractivity contribution in [1.82, 2.24) is 9.97 Å². The zero-order valence-electron chi connectivity index (χ0n) is 8.84. The van der Waals surface area contributed by atoms with Crippen LogP contribution in [0.25, 0.3) is 0 Å². The molecule has 1 aromatic heterocycles. The molecule has 0 aliphatic rings. The molecule has 0 fully saturated rings. The van der Waals surface area contributed by atoms with Gasteiger partial charge in [0.05, 0.1) is 11.5 Å². The Kier molecular flexibility index (Phi) is 4.40. The van der Waals surface area contributed by atoms with E-state index < -0.39 is 4.92 Å². The van der Waals surface area contributed by atoms with Crippen molar-refractivity contribution in [2.45, 2.75) is 19.8 Å². The number of hydrogen-bond acceptors (Lipinski definition) is 7. The maximum Gasteiger partial charge on any atom is 0.349 e. The summed E-state index contributed by atoms with van der Waals surface area (Å²) in [5, 5.41) is 10.6. The second-order valence-corrected chi connectivity index (χ2v) is 2.99. The molecule has 0 aromatic carbocycles. The molecule has 8 nitrogen and oxygen atoms in total. The summed E-state index contributed by atoms with van der Waals surface area (Å²) in [7, 11) is 0. The quantitative estimate of drug-likeness (QED) is 0.320. The average Bonchev–Trinajstić information content (AvgIpc) is 2.29. The van der Waals surface area contributed by atoms with Gasteiger partial charge in [0.15, 0.2) is 0 Å². The molecule has 0 spiro atoms. The molecule has 16 heavy (non-hydrogen) atoms. The molecular weight excluding hydrogens is 214 g/mol. The molecule has 0 aliphatic carbocycles. The summed E-state index contributed by atoms with van der Waals surface area (Å²) in [4.78, 5) is 17.5. The third-order valence-electron chi connectivity index (χ3n) is 1.80. The van der Waals surface area contributed by atoms with Crippen LogP contribution in [0.3, 0.4) is 0 Å². The largest absolute Gasteiger partial charge is 0.473 e. The van der Waals surface area contributed by atoms with Gasteiger partial charge in [-0.3, -0.25) is 15.5 Å². The van der Waals surface area contributed by atoms with E-state index in [-0.39, 0.29) is 17.5 Å². The lowest BCUT2D eigenvalue weighted by atomic mass is 10.4. The second-order valence-electron chi connectivity index (χ2n) is 2.99. The van der Waals surface area contributed by atoms with Gasteiger partial charge in [0.25, 0.3) is 5.88 Å². The minimum absolute atomic E-state index is 0.0681. The first-order valence-corrected chi connectivity index (χ1v) is 4.80. The van der Waals surface area contributed by atoms with Crippen LogP contribution in [0.5, 0.6) is 5.88 Å². The molecule has 3 N–H and O–H groups in total. The summed E-state index contributed by atoms with van der Waals surface area (Å²) < 4.78 is 5.19. The second kappa shape index (κ2) is 5.81. The zero-order valence-corrected chi connectivity index (χ0v) is 8.84. The SMILES string of the molecule is CCCCOc1nc(NN)ncc1[N+](=O)[O-]. The van der Waals surface area contributed by atoms with Gasteiger partial charge in [-0.25, -0.2) is 10.8 Å². The van der Waals surface area contributed by atoms with Gasteiger partial charge in [0.1, 0.15) is 6.20 Å². The molecule has 0 amide bonds. The van der Waals surface area contributed by atoms with Crippen LogP contribution in [0, 0.1) is 10.1 Å². The lowest BCUT2D eigenvalue weighted by molar-refractivity contribution is -0.386. The van der Waals surface area contributed by atoms with Crippen molar-refractivity contribution in [3.63, 3.8) is 0 Å². The number of nitrogens with zero attached hydrogens (tertiary/aromatic N) is 3. The van der Waals surface area contributed by atoms with Gasteiger partial charge in [0.2, 0.25) is 5.95 Å². The molecule has 0 unspecified atom stereocenters. The van der Waals surface area contributed by atoms with Crippen molar-refractivity contribution in [3.8, 4) is 5.88 Å². The van der Waals surface area contributed by atoms with Gasteiger partial charge >= 0.3 is 5.69 Å². The maximum absolute atomic E-state index is 10.6. The van der Waals surface area contributed by atoms with E-state index in [0.717, 1.165) is 19.0 Å². The van der Waals surface area contributed by atoms with E-state index in [9.17, 15) is 10.1 Å². The van der Waals surface area contributed by atoms with Crippen LogP contribution in [-0.2, 0) is 0 Å². The maximum atomic E-state index is 10.6. The standard InChI is InChI=1S/C8H13N5O3/c1-2-3-4-16-7-6(13(14)15)5-10-8(11-7)12-9/h5H,2-4,9H2,1H3,(H,10,11,12). The van der Waals surface area contributed by atoms with Crippen molar-refractivity contribution < 1.29 is 9.66 Å². The fraction of sp³-hybridized carbons (Fsp3) is 0.500. The Morgan fingerprint density at radius 1 is 1.69 bits per heavy atom. The molecule has 8 heteroatoms.